The predicted molar refractivity (Wildman–Crippen MR) is 50.7 cm³/mol. The van der Waals surface area contributed by atoms with Gasteiger partial charge in [0.15, 0.2) is 0 Å². The maximum absolute atomic E-state index is 3.39. The Kier molecular flexibility index (Phi) is 1.74. The highest BCUT2D eigenvalue weighted by Gasteiger charge is 2.11. The molecule has 1 aliphatic rings. The first-order valence-corrected chi connectivity index (χ1v) is 4.76. The third kappa shape index (κ3) is 1.20. The van der Waals surface area contributed by atoms with Crippen LogP contribution in [0.25, 0.3) is 0 Å². The van der Waals surface area contributed by atoms with Crippen molar-refractivity contribution in [1.82, 2.24) is 0 Å². The van der Waals surface area contributed by atoms with Crippen molar-refractivity contribution in [2.75, 3.05) is 24.2 Å². The highest BCUT2D eigenvalue weighted by atomic mass is 32.1. The molecule has 0 fully saturated rings. The fourth-order valence-electron chi connectivity index (χ4n) is 1.36. The molecule has 0 bridgehead atoms. The molecule has 0 aromatic carbocycles. The molecule has 1 aromatic heterocycles. The third-order valence-corrected chi connectivity index (χ3v) is 3.16. The van der Waals surface area contributed by atoms with E-state index in [1.165, 1.54) is 28.4 Å². The summed E-state index contributed by atoms with van der Waals surface area (Å²) in [5.74, 6) is 0. The molecule has 0 spiro atoms. The van der Waals surface area contributed by atoms with Gasteiger partial charge in [-0.05, 0) is 18.9 Å². The molecule has 0 saturated carbocycles. The lowest BCUT2D eigenvalue weighted by atomic mass is 10.2. The van der Waals surface area contributed by atoms with Gasteiger partial charge in [-0.1, -0.05) is 0 Å². The van der Waals surface area contributed by atoms with E-state index in [4.69, 9.17) is 0 Å². The highest BCUT2D eigenvalue weighted by molar-refractivity contribution is 7.16. The van der Waals surface area contributed by atoms with E-state index in [0.717, 1.165) is 6.54 Å². The van der Waals surface area contributed by atoms with Crippen LogP contribution in [0.5, 0.6) is 0 Å². The molecular weight excluding hydrogens is 156 g/mol. The van der Waals surface area contributed by atoms with E-state index < -0.39 is 0 Å². The van der Waals surface area contributed by atoms with Crippen molar-refractivity contribution in [1.29, 1.82) is 0 Å². The van der Waals surface area contributed by atoms with Crippen molar-refractivity contribution in [3.8, 4) is 0 Å². The van der Waals surface area contributed by atoms with Gasteiger partial charge in [0.1, 0.15) is 0 Å². The highest BCUT2D eigenvalue weighted by Crippen LogP contribution is 2.33. The number of hydrogen-bond donors (Lipinski definition) is 2. The van der Waals surface area contributed by atoms with Gasteiger partial charge in [-0.25, -0.2) is 0 Å². The second-order valence-corrected chi connectivity index (χ2v) is 3.86. The fraction of sp³-hybridized carbons (Fsp3) is 0.500. The summed E-state index contributed by atoms with van der Waals surface area (Å²) in [7, 11) is 1.97. The van der Waals surface area contributed by atoms with Crippen LogP contribution in [0.3, 0.4) is 0 Å². The Labute approximate surface area is 70.6 Å². The number of aryl methyl sites for hydroxylation is 1. The summed E-state index contributed by atoms with van der Waals surface area (Å²) >= 11 is 1.86. The monoisotopic (exact) mass is 168 g/mol. The van der Waals surface area contributed by atoms with Crippen LogP contribution < -0.4 is 10.6 Å². The molecule has 0 amide bonds. The quantitative estimate of drug-likeness (QED) is 0.671. The minimum absolute atomic E-state index is 1.13. The van der Waals surface area contributed by atoms with Crippen LogP contribution in [0.15, 0.2) is 6.07 Å². The Balaban J connectivity index is 2.32. The fourth-order valence-corrected chi connectivity index (χ4v) is 2.39. The zero-order chi connectivity index (χ0) is 7.68. The Morgan fingerprint density at radius 1 is 1.64 bits per heavy atom. The minimum Gasteiger partial charge on any atom is -0.384 e. The molecule has 3 heteroatoms. The van der Waals surface area contributed by atoms with Crippen molar-refractivity contribution >= 4 is 22.0 Å². The number of anilines is 2. The average molecular weight is 168 g/mol. The average Bonchev–Trinajstić information content (AvgIpc) is 2.46. The second-order valence-electron chi connectivity index (χ2n) is 2.73. The van der Waals surface area contributed by atoms with Crippen molar-refractivity contribution in [3.05, 3.63) is 10.9 Å². The first-order chi connectivity index (χ1) is 5.40. The molecule has 2 heterocycles. The standard InChI is InChI=1S/C8H12N2S/c1-9-8-5-6-7(11-8)3-2-4-10-6/h5,9-10H,2-4H2,1H3. The van der Waals surface area contributed by atoms with Gasteiger partial charge < -0.3 is 10.6 Å². The van der Waals surface area contributed by atoms with Crippen LogP contribution in [-0.4, -0.2) is 13.6 Å². The first kappa shape index (κ1) is 6.98. The molecule has 0 unspecified atom stereocenters. The van der Waals surface area contributed by atoms with Gasteiger partial charge in [-0.2, -0.15) is 0 Å². The molecule has 1 aliphatic heterocycles. The molecular formula is C8H12N2S. The van der Waals surface area contributed by atoms with Crippen LogP contribution >= 0.6 is 11.3 Å². The maximum Gasteiger partial charge on any atom is 0.0904 e. The molecule has 2 rings (SSSR count). The number of nitrogens with one attached hydrogen (secondary N) is 2. The summed E-state index contributed by atoms with van der Waals surface area (Å²) < 4.78 is 0. The lowest BCUT2D eigenvalue weighted by molar-refractivity contribution is 0.846. The zero-order valence-corrected chi connectivity index (χ0v) is 7.42. The molecule has 2 nitrogen and oxygen atoms in total. The van der Waals surface area contributed by atoms with Crippen molar-refractivity contribution < 1.29 is 0 Å². The van der Waals surface area contributed by atoms with E-state index in [0.29, 0.717) is 0 Å². The predicted octanol–water partition coefficient (Wildman–Crippen LogP) is 2.15. The number of fused-ring (bicyclic) bond motifs is 1. The van der Waals surface area contributed by atoms with Gasteiger partial charge in [-0.15, -0.1) is 11.3 Å². The van der Waals surface area contributed by atoms with E-state index in [-0.39, 0.29) is 0 Å². The molecule has 11 heavy (non-hydrogen) atoms. The molecule has 0 radical (unpaired) electrons. The van der Waals surface area contributed by atoms with Gasteiger partial charge in [-0.3, -0.25) is 0 Å². The first-order valence-electron chi connectivity index (χ1n) is 3.94. The van der Waals surface area contributed by atoms with Gasteiger partial charge in [0.2, 0.25) is 0 Å². The molecule has 0 aliphatic carbocycles. The Morgan fingerprint density at radius 3 is 3.27 bits per heavy atom. The summed E-state index contributed by atoms with van der Waals surface area (Å²) in [6, 6.07) is 2.19. The van der Waals surface area contributed by atoms with Crippen molar-refractivity contribution in [2.45, 2.75) is 12.8 Å². The normalized spacial score (nSPS) is 15.4. The molecule has 60 valence electrons. The van der Waals surface area contributed by atoms with Crippen LogP contribution in [0.1, 0.15) is 11.3 Å². The van der Waals surface area contributed by atoms with E-state index in [1.54, 1.807) is 0 Å². The van der Waals surface area contributed by atoms with E-state index >= 15 is 0 Å². The Hall–Kier alpha value is -0.700. The summed E-state index contributed by atoms with van der Waals surface area (Å²) in [6.45, 7) is 1.13. The third-order valence-electron chi connectivity index (χ3n) is 1.95. The van der Waals surface area contributed by atoms with Gasteiger partial charge >= 0.3 is 0 Å². The molecule has 1 aromatic rings. The van der Waals surface area contributed by atoms with Crippen LogP contribution in [0, 0.1) is 0 Å². The summed E-state index contributed by atoms with van der Waals surface area (Å²) in [5, 5.41) is 7.82. The Bertz CT molecular complexity index is 231. The minimum atomic E-state index is 1.13. The van der Waals surface area contributed by atoms with E-state index in [1.807, 2.05) is 18.4 Å². The second kappa shape index (κ2) is 2.74. The van der Waals surface area contributed by atoms with Gasteiger partial charge in [0, 0.05) is 18.5 Å². The van der Waals surface area contributed by atoms with Gasteiger partial charge in [0.05, 0.1) is 10.7 Å². The van der Waals surface area contributed by atoms with Crippen LogP contribution in [0.4, 0.5) is 10.7 Å². The molecule has 2 N–H and O–H groups in total. The number of rotatable bonds is 1. The summed E-state index contributed by atoms with van der Waals surface area (Å²) in [6.07, 6.45) is 2.52. The van der Waals surface area contributed by atoms with Crippen LogP contribution in [0.2, 0.25) is 0 Å². The maximum atomic E-state index is 3.39. The number of thiophene rings is 1. The van der Waals surface area contributed by atoms with E-state index in [2.05, 4.69) is 16.7 Å². The molecule has 0 saturated heterocycles. The lowest BCUT2D eigenvalue weighted by Crippen LogP contribution is -2.08. The van der Waals surface area contributed by atoms with Crippen molar-refractivity contribution in [3.63, 3.8) is 0 Å². The SMILES string of the molecule is CNc1cc2c(s1)CCCN2. The van der Waals surface area contributed by atoms with Crippen LogP contribution in [-0.2, 0) is 6.42 Å². The summed E-state index contributed by atoms with van der Waals surface area (Å²) in [4.78, 5) is 1.50. The lowest BCUT2D eigenvalue weighted by Gasteiger charge is -2.11. The van der Waals surface area contributed by atoms with Crippen molar-refractivity contribution in [2.24, 2.45) is 0 Å². The summed E-state index contributed by atoms with van der Waals surface area (Å²) in [5.41, 5.74) is 1.34. The molecule has 0 atom stereocenters. The zero-order valence-electron chi connectivity index (χ0n) is 6.61. The Morgan fingerprint density at radius 2 is 2.55 bits per heavy atom. The number of hydrogen-bond acceptors (Lipinski definition) is 3. The smallest absolute Gasteiger partial charge is 0.0904 e. The van der Waals surface area contributed by atoms with Gasteiger partial charge in [0.25, 0.3) is 0 Å². The topological polar surface area (TPSA) is 24.1 Å². The largest absolute Gasteiger partial charge is 0.384 e. The van der Waals surface area contributed by atoms with E-state index in [9.17, 15) is 0 Å².